The molecule has 0 aliphatic heterocycles. The van der Waals surface area contributed by atoms with E-state index in [2.05, 4.69) is 0 Å². The van der Waals surface area contributed by atoms with E-state index in [1.165, 1.54) is 0 Å². The summed E-state index contributed by atoms with van der Waals surface area (Å²) in [5, 5.41) is 39.5. The molecule has 0 aromatic heterocycles. The molecule has 0 spiro atoms. The number of nitrogens with zero attached hydrogens (tertiary/aromatic N) is 4. The summed E-state index contributed by atoms with van der Waals surface area (Å²) < 4.78 is -8.25. The van der Waals surface area contributed by atoms with Crippen molar-refractivity contribution in [3.05, 3.63) is 40.5 Å². The summed E-state index contributed by atoms with van der Waals surface area (Å²) >= 11 is -6.06. The van der Waals surface area contributed by atoms with Crippen LogP contribution < -0.4 is 0 Å². The molecule has 0 aromatic rings. The third-order valence-corrected chi connectivity index (χ3v) is 2.86. The van der Waals surface area contributed by atoms with Gasteiger partial charge in [0, 0.05) is 0 Å². The van der Waals surface area contributed by atoms with Crippen molar-refractivity contribution < 1.29 is 29.5 Å². The van der Waals surface area contributed by atoms with Crippen LogP contribution in [-0.4, -0.2) is 15.8 Å². The molecule has 0 amide bonds. The molecule has 0 N–H and O–H groups in total. The normalized spacial score (nSPS) is 11.7. The van der Waals surface area contributed by atoms with E-state index in [-0.39, 0.29) is 0 Å². The Balaban J connectivity index is 5.60. The van der Waals surface area contributed by atoms with Gasteiger partial charge in [0.2, 0.25) is 0 Å². The summed E-state index contributed by atoms with van der Waals surface area (Å²) in [5.41, 5.74) is 0. The minimum atomic E-state index is -6.06. The molecule has 0 rings (SSSR count). The van der Waals surface area contributed by atoms with E-state index in [9.17, 15) is 40.5 Å². The van der Waals surface area contributed by atoms with Crippen molar-refractivity contribution >= 4 is 0 Å². The quantitative estimate of drug-likeness (QED) is 0.338. The molecule has 0 fully saturated rings. The van der Waals surface area contributed by atoms with Gasteiger partial charge in [-0.25, -0.2) is 0 Å². The fraction of sp³-hybridized carbons (Fsp3) is 0. The average Bonchev–Trinajstić information content (AvgIpc) is 1.82. The van der Waals surface area contributed by atoms with Crippen molar-refractivity contribution in [2.24, 2.45) is 0 Å². The Hall–Kier alpha value is -1.88. The average molecular weight is 240 g/mol. The van der Waals surface area contributed by atoms with Crippen LogP contribution in [0.1, 0.15) is 0 Å². The predicted octanol–water partition coefficient (Wildman–Crippen LogP) is -1.09. The molecule has 0 aliphatic rings. The number of rotatable bonds is 4. The van der Waals surface area contributed by atoms with Gasteiger partial charge in [0.05, 0.1) is 0 Å². The summed E-state index contributed by atoms with van der Waals surface area (Å²) in [7, 11) is 0. The van der Waals surface area contributed by atoms with Gasteiger partial charge < -0.3 is 0 Å². The fourth-order valence-electron chi connectivity index (χ4n) is 0.283. The van der Waals surface area contributed by atoms with E-state index in [4.69, 9.17) is 0 Å². The topological polar surface area (TPSA) is 173 Å². The number of hydrogen-bond acceptors (Lipinski definition) is 8. The van der Waals surface area contributed by atoms with Gasteiger partial charge in [-0.05, 0) is 0 Å². The maximum absolute atomic E-state index is 9.88. The van der Waals surface area contributed by atoms with E-state index >= 15 is 0 Å². The van der Waals surface area contributed by atoms with Crippen molar-refractivity contribution in [2.75, 3.05) is 0 Å². The Morgan fingerprint density at radius 1 is 0.615 bits per heavy atom. The molecule has 0 aromatic carbocycles. The van der Waals surface area contributed by atoms with Crippen LogP contribution in [0.25, 0.3) is 0 Å². The Morgan fingerprint density at radius 2 is 0.769 bits per heavy atom. The van der Waals surface area contributed by atoms with Crippen LogP contribution in [0.4, 0.5) is 0 Å². The number of hydrogen-bond donors (Lipinski definition) is 0. The van der Waals surface area contributed by atoms with Crippen LogP contribution >= 0.6 is 0 Å². The standard InChI is InChI=1S/Fe.4NO2/c;4*2-1-3. The second-order valence-electron chi connectivity index (χ2n) is 1.24. The van der Waals surface area contributed by atoms with Crippen LogP contribution in [0.3, 0.4) is 0 Å². The molecule has 0 heterocycles. The summed E-state index contributed by atoms with van der Waals surface area (Å²) in [5.74, 6) is 0. The SMILES string of the molecule is O=[N+]([O-])[Fe]([N+](=O)[O-])([N+](=O)[O-])[N+](=O)[O-]. The Bertz CT molecular complexity index is 231. The zero-order valence-electron chi connectivity index (χ0n) is 5.41. The molecule has 0 radical (unpaired) electrons. The van der Waals surface area contributed by atoms with Gasteiger partial charge in [-0.15, -0.1) is 0 Å². The molecule has 0 unspecified atom stereocenters. The second-order valence-corrected chi connectivity index (χ2v) is 4.18. The van der Waals surface area contributed by atoms with Gasteiger partial charge in [-0.1, -0.05) is 0 Å². The van der Waals surface area contributed by atoms with Crippen molar-refractivity contribution in [3.8, 4) is 0 Å². The van der Waals surface area contributed by atoms with Gasteiger partial charge >= 0.3 is 69.9 Å². The molecular formula is FeN4O8. The van der Waals surface area contributed by atoms with Crippen LogP contribution in [0.15, 0.2) is 0 Å². The van der Waals surface area contributed by atoms with Crippen LogP contribution in [0.2, 0.25) is 0 Å². The third kappa shape index (κ3) is 1.36. The molecule has 13 heavy (non-hydrogen) atoms. The monoisotopic (exact) mass is 240 g/mol. The van der Waals surface area contributed by atoms with Crippen LogP contribution in [0, 0.1) is 40.5 Å². The van der Waals surface area contributed by atoms with Crippen LogP contribution in [0.5, 0.6) is 0 Å². The molecule has 0 aliphatic carbocycles. The first kappa shape index (κ1) is 11.1. The van der Waals surface area contributed by atoms with Crippen molar-refractivity contribution in [1.82, 2.24) is 0 Å². The van der Waals surface area contributed by atoms with E-state index in [1.807, 2.05) is 0 Å². The van der Waals surface area contributed by atoms with Gasteiger partial charge in [0.1, 0.15) is 0 Å². The molecule has 12 nitrogen and oxygen atoms in total. The Kier molecular flexibility index (Phi) is 2.77. The molecule has 13 heteroatoms. The van der Waals surface area contributed by atoms with E-state index < -0.39 is 29.5 Å². The first-order valence-electron chi connectivity index (χ1n) is 2.09. The zero-order valence-corrected chi connectivity index (χ0v) is 6.51. The van der Waals surface area contributed by atoms with Crippen molar-refractivity contribution in [2.45, 2.75) is 0 Å². The minimum absolute atomic E-state index is 2.06. The van der Waals surface area contributed by atoms with Crippen molar-refractivity contribution in [1.29, 1.82) is 0 Å². The Labute approximate surface area is 70.8 Å². The second kappa shape index (κ2) is 3.24. The molecular weight excluding hydrogens is 240 g/mol. The van der Waals surface area contributed by atoms with Gasteiger partial charge in [0.25, 0.3) is 0 Å². The predicted molar refractivity (Wildman–Crippen MR) is 28.0 cm³/mol. The maximum atomic E-state index is 9.88. The summed E-state index contributed by atoms with van der Waals surface area (Å²) in [6.07, 6.45) is 0. The zero-order chi connectivity index (χ0) is 10.8. The van der Waals surface area contributed by atoms with Crippen LogP contribution in [-0.2, 0) is 13.7 Å². The molecule has 0 saturated carbocycles. The number of nitro groups is 4. The molecule has 76 valence electrons. The van der Waals surface area contributed by atoms with Gasteiger partial charge in [0.15, 0.2) is 0 Å². The molecule has 0 bridgehead atoms. The van der Waals surface area contributed by atoms with E-state index in [1.54, 1.807) is 0 Å². The van der Waals surface area contributed by atoms with E-state index in [0.29, 0.717) is 0 Å². The Morgan fingerprint density at radius 3 is 0.769 bits per heavy atom. The van der Waals surface area contributed by atoms with Gasteiger partial charge in [-0.3, -0.25) is 0 Å². The van der Waals surface area contributed by atoms with Gasteiger partial charge in [-0.2, -0.15) is 0 Å². The first-order chi connectivity index (χ1) is 5.77. The molecule has 0 atom stereocenters. The van der Waals surface area contributed by atoms with Crippen molar-refractivity contribution in [3.63, 3.8) is 0 Å². The molecule has 0 saturated heterocycles. The first-order valence-corrected chi connectivity index (χ1v) is 4.07. The van der Waals surface area contributed by atoms with E-state index in [0.717, 1.165) is 0 Å². The summed E-state index contributed by atoms with van der Waals surface area (Å²) in [4.78, 5) is 39.5. The third-order valence-electron chi connectivity index (χ3n) is 0.693. The fourth-order valence-corrected chi connectivity index (χ4v) is 1.17. The summed E-state index contributed by atoms with van der Waals surface area (Å²) in [6.45, 7) is 0. The summed E-state index contributed by atoms with van der Waals surface area (Å²) in [6, 6.07) is 0.